The third-order valence-corrected chi connectivity index (χ3v) is 6.24. The number of amides is 2. The van der Waals surface area contributed by atoms with Gasteiger partial charge in [0.25, 0.3) is 0 Å². The van der Waals surface area contributed by atoms with E-state index in [0.29, 0.717) is 25.3 Å². The van der Waals surface area contributed by atoms with Crippen LogP contribution in [0.5, 0.6) is 0 Å². The molecular weight excluding hydrogens is 482 g/mol. The number of ether oxygens (including phenoxy) is 1. The van der Waals surface area contributed by atoms with E-state index in [1.807, 2.05) is 54.6 Å². The zero-order valence-corrected chi connectivity index (χ0v) is 21.5. The summed E-state index contributed by atoms with van der Waals surface area (Å²) in [7, 11) is 0. The average molecular weight is 512 g/mol. The highest BCUT2D eigenvalue weighted by atomic mass is 16.6. The fourth-order valence-corrected chi connectivity index (χ4v) is 4.61. The molecule has 1 N–H and O–H groups in total. The molecule has 0 radical (unpaired) electrons. The van der Waals surface area contributed by atoms with Gasteiger partial charge in [0.2, 0.25) is 18.2 Å². The van der Waals surface area contributed by atoms with Gasteiger partial charge in [-0.3, -0.25) is 9.78 Å². The number of alkyl carbamates (subject to hydrolysis) is 1. The van der Waals surface area contributed by atoms with E-state index in [1.165, 1.54) is 6.39 Å². The van der Waals surface area contributed by atoms with Crippen molar-refractivity contribution in [3.63, 3.8) is 0 Å². The second-order valence-electron chi connectivity index (χ2n) is 10.1. The second kappa shape index (κ2) is 10.5. The summed E-state index contributed by atoms with van der Waals surface area (Å²) in [6.45, 7) is 5.82. The Labute approximate surface area is 220 Å². The minimum absolute atomic E-state index is 0.221. The van der Waals surface area contributed by atoms with Gasteiger partial charge in [-0.1, -0.05) is 30.3 Å². The topological polar surface area (TPSA) is 110 Å². The van der Waals surface area contributed by atoms with Crippen molar-refractivity contribution in [1.29, 1.82) is 0 Å². The molecule has 38 heavy (non-hydrogen) atoms. The lowest BCUT2D eigenvalue weighted by atomic mass is 9.97. The first-order chi connectivity index (χ1) is 18.3. The van der Waals surface area contributed by atoms with Gasteiger partial charge in [0, 0.05) is 36.6 Å². The minimum Gasteiger partial charge on any atom is -0.444 e. The van der Waals surface area contributed by atoms with Crippen LogP contribution in [0.3, 0.4) is 0 Å². The smallest absolute Gasteiger partial charge is 0.408 e. The summed E-state index contributed by atoms with van der Waals surface area (Å²) < 4.78 is 11.0. The van der Waals surface area contributed by atoms with Gasteiger partial charge in [0.1, 0.15) is 11.6 Å². The SMILES string of the molecule is CC(C)(C)OC(=O)NC(Cc1ccccc1)C(=O)N1CCc2c(-c3nnco3)cc(-c3ccncc3)cc21. The highest BCUT2D eigenvalue weighted by Crippen LogP contribution is 2.40. The molecule has 0 saturated heterocycles. The van der Waals surface area contributed by atoms with Crippen molar-refractivity contribution in [2.24, 2.45) is 0 Å². The first-order valence-corrected chi connectivity index (χ1v) is 12.5. The maximum Gasteiger partial charge on any atom is 0.408 e. The molecule has 2 amide bonds. The van der Waals surface area contributed by atoms with E-state index in [2.05, 4.69) is 20.5 Å². The lowest BCUT2D eigenvalue weighted by Gasteiger charge is -2.27. The van der Waals surface area contributed by atoms with Gasteiger partial charge in [-0.15, -0.1) is 10.2 Å². The van der Waals surface area contributed by atoms with E-state index < -0.39 is 17.7 Å². The molecule has 5 rings (SSSR count). The number of aromatic nitrogens is 3. The maximum atomic E-state index is 14.1. The molecule has 0 bridgehead atoms. The molecule has 0 fully saturated rings. The molecule has 1 aliphatic rings. The standard InChI is InChI=1S/C29H29N5O4/c1-29(2,3)38-28(36)32-24(15-19-7-5-4-6-8-19)27(35)34-14-11-22-23(26-33-31-18-37-26)16-21(17-25(22)34)20-9-12-30-13-10-20/h4-10,12-13,16-18,24H,11,14-15H2,1-3H3,(H,32,36). The number of pyridine rings is 1. The van der Waals surface area contributed by atoms with Crippen molar-refractivity contribution >= 4 is 17.7 Å². The lowest BCUT2D eigenvalue weighted by Crippen LogP contribution is -2.50. The van der Waals surface area contributed by atoms with Gasteiger partial charge < -0.3 is 19.4 Å². The second-order valence-corrected chi connectivity index (χ2v) is 10.1. The third kappa shape index (κ3) is 5.56. The molecule has 1 atom stereocenters. The normalized spacial score (nSPS) is 13.6. The highest BCUT2D eigenvalue weighted by molar-refractivity contribution is 6.02. The molecule has 9 nitrogen and oxygen atoms in total. The van der Waals surface area contributed by atoms with Crippen LogP contribution in [-0.2, 0) is 22.4 Å². The molecule has 2 aromatic carbocycles. The Morgan fingerprint density at radius 2 is 1.84 bits per heavy atom. The zero-order chi connectivity index (χ0) is 26.7. The fourth-order valence-electron chi connectivity index (χ4n) is 4.61. The molecule has 3 heterocycles. The highest BCUT2D eigenvalue weighted by Gasteiger charge is 2.34. The molecule has 2 aromatic heterocycles. The van der Waals surface area contributed by atoms with Crippen molar-refractivity contribution in [3.8, 4) is 22.6 Å². The van der Waals surface area contributed by atoms with Gasteiger partial charge in [-0.05, 0) is 73.7 Å². The number of anilines is 1. The van der Waals surface area contributed by atoms with Gasteiger partial charge >= 0.3 is 6.09 Å². The Balaban J connectivity index is 1.52. The number of carbonyl (C=O) groups is 2. The summed E-state index contributed by atoms with van der Waals surface area (Å²) in [5.41, 5.74) is 4.54. The van der Waals surface area contributed by atoms with Crippen molar-refractivity contribution in [2.45, 2.75) is 45.3 Å². The summed E-state index contributed by atoms with van der Waals surface area (Å²) in [6, 6.07) is 16.6. The van der Waals surface area contributed by atoms with Gasteiger partial charge in [0.15, 0.2) is 0 Å². The first-order valence-electron chi connectivity index (χ1n) is 12.5. The third-order valence-electron chi connectivity index (χ3n) is 6.24. The zero-order valence-electron chi connectivity index (χ0n) is 21.5. The summed E-state index contributed by atoms with van der Waals surface area (Å²) in [6.07, 6.45) is 5.03. The Hall–Kier alpha value is -4.53. The molecule has 1 aliphatic heterocycles. The number of fused-ring (bicyclic) bond motifs is 1. The van der Waals surface area contributed by atoms with Crippen LogP contribution in [0.4, 0.5) is 10.5 Å². The summed E-state index contributed by atoms with van der Waals surface area (Å²) in [5.74, 6) is 0.168. The molecule has 9 heteroatoms. The molecule has 0 aliphatic carbocycles. The van der Waals surface area contributed by atoms with Crippen LogP contribution in [0.1, 0.15) is 31.9 Å². The van der Waals surface area contributed by atoms with E-state index in [0.717, 1.165) is 33.5 Å². The van der Waals surface area contributed by atoms with Crippen LogP contribution in [0.25, 0.3) is 22.6 Å². The molecule has 0 saturated carbocycles. The minimum atomic E-state index is -0.824. The van der Waals surface area contributed by atoms with Gasteiger partial charge in [-0.2, -0.15) is 0 Å². The molecular formula is C29H29N5O4. The lowest BCUT2D eigenvalue weighted by molar-refractivity contribution is -0.120. The van der Waals surface area contributed by atoms with E-state index in [-0.39, 0.29) is 5.91 Å². The van der Waals surface area contributed by atoms with Crippen LogP contribution < -0.4 is 10.2 Å². The van der Waals surface area contributed by atoms with Crippen LogP contribution in [-0.4, -0.2) is 45.4 Å². The summed E-state index contributed by atoms with van der Waals surface area (Å²) >= 11 is 0. The van der Waals surface area contributed by atoms with E-state index in [4.69, 9.17) is 9.15 Å². The van der Waals surface area contributed by atoms with E-state index in [1.54, 1.807) is 38.1 Å². The number of hydrogen-bond acceptors (Lipinski definition) is 7. The number of carbonyl (C=O) groups excluding carboxylic acids is 2. The van der Waals surface area contributed by atoms with E-state index >= 15 is 0 Å². The maximum absolute atomic E-state index is 14.1. The van der Waals surface area contributed by atoms with Gasteiger partial charge in [-0.25, -0.2) is 4.79 Å². The Morgan fingerprint density at radius 3 is 2.53 bits per heavy atom. The number of hydrogen-bond donors (Lipinski definition) is 1. The van der Waals surface area contributed by atoms with Crippen molar-refractivity contribution < 1.29 is 18.7 Å². The molecule has 1 unspecified atom stereocenters. The molecule has 4 aromatic rings. The Bertz CT molecular complexity index is 1420. The van der Waals surface area contributed by atoms with E-state index in [9.17, 15) is 9.59 Å². The van der Waals surface area contributed by atoms with Crippen molar-refractivity contribution in [2.75, 3.05) is 11.4 Å². The summed E-state index contributed by atoms with van der Waals surface area (Å²) in [5, 5.41) is 10.8. The quantitative estimate of drug-likeness (QED) is 0.395. The first kappa shape index (κ1) is 25.1. The van der Waals surface area contributed by atoms with Crippen molar-refractivity contribution in [3.05, 3.63) is 84.5 Å². The van der Waals surface area contributed by atoms with Gasteiger partial charge in [0.05, 0.1) is 0 Å². The van der Waals surface area contributed by atoms with Crippen LogP contribution in [0.2, 0.25) is 0 Å². The van der Waals surface area contributed by atoms with Crippen LogP contribution >= 0.6 is 0 Å². The number of nitrogens with one attached hydrogen (secondary N) is 1. The van der Waals surface area contributed by atoms with Crippen molar-refractivity contribution in [1.82, 2.24) is 20.5 Å². The average Bonchev–Trinajstić information content (AvgIpc) is 3.58. The number of nitrogens with zero attached hydrogens (tertiary/aromatic N) is 4. The Kier molecular flexibility index (Phi) is 6.91. The van der Waals surface area contributed by atoms with Crippen LogP contribution in [0.15, 0.2) is 77.8 Å². The van der Waals surface area contributed by atoms with Crippen LogP contribution in [0, 0.1) is 0 Å². The predicted molar refractivity (Wildman–Crippen MR) is 142 cm³/mol. The largest absolute Gasteiger partial charge is 0.444 e. The predicted octanol–water partition coefficient (Wildman–Crippen LogP) is 4.82. The number of benzene rings is 2. The number of rotatable bonds is 6. The molecule has 194 valence electrons. The summed E-state index contributed by atoms with van der Waals surface area (Å²) in [4.78, 5) is 32.6. The Morgan fingerprint density at radius 1 is 1.08 bits per heavy atom. The molecule has 0 spiro atoms. The monoisotopic (exact) mass is 511 g/mol. The fraction of sp³-hybridized carbons (Fsp3) is 0.276.